The van der Waals surface area contributed by atoms with Crippen LogP contribution in [0, 0.1) is 0 Å². The standard InChI is InChI=1S/C13H25N5O/c1-4-17(5-2)9-7-8-15-13(19)11-10-12(14)16-18(11)6-3/h10H,4-9H2,1-3H3,(H2,14,16)(H,15,19). The number of anilines is 1. The van der Waals surface area contributed by atoms with Gasteiger partial charge in [0.15, 0.2) is 0 Å². The van der Waals surface area contributed by atoms with Crippen molar-refractivity contribution < 1.29 is 4.79 Å². The fourth-order valence-electron chi connectivity index (χ4n) is 2.00. The summed E-state index contributed by atoms with van der Waals surface area (Å²) in [5.41, 5.74) is 6.14. The SMILES string of the molecule is CCN(CC)CCCNC(=O)c1cc(N)nn1CC. The molecule has 3 N–H and O–H groups in total. The first-order valence-electron chi connectivity index (χ1n) is 6.96. The fraction of sp³-hybridized carbons (Fsp3) is 0.692. The van der Waals surface area contributed by atoms with Crippen LogP contribution in [0.4, 0.5) is 5.82 Å². The van der Waals surface area contributed by atoms with E-state index >= 15 is 0 Å². The van der Waals surface area contributed by atoms with Crippen LogP contribution >= 0.6 is 0 Å². The first kappa shape index (κ1) is 15.5. The van der Waals surface area contributed by atoms with E-state index in [-0.39, 0.29) is 5.91 Å². The van der Waals surface area contributed by atoms with Gasteiger partial charge in [-0.25, -0.2) is 0 Å². The van der Waals surface area contributed by atoms with Crippen LogP contribution in [-0.4, -0.2) is 46.8 Å². The van der Waals surface area contributed by atoms with Crippen molar-refractivity contribution in [1.29, 1.82) is 0 Å². The van der Waals surface area contributed by atoms with Gasteiger partial charge >= 0.3 is 0 Å². The molecular formula is C13H25N5O. The molecule has 1 rings (SSSR count). The average molecular weight is 267 g/mol. The van der Waals surface area contributed by atoms with E-state index < -0.39 is 0 Å². The summed E-state index contributed by atoms with van der Waals surface area (Å²) in [6.07, 6.45) is 0.948. The van der Waals surface area contributed by atoms with E-state index in [0.29, 0.717) is 24.6 Å². The monoisotopic (exact) mass is 267 g/mol. The first-order valence-corrected chi connectivity index (χ1v) is 6.96. The number of rotatable bonds is 8. The summed E-state index contributed by atoms with van der Waals surface area (Å²) in [5, 5.41) is 6.97. The van der Waals surface area contributed by atoms with Crippen molar-refractivity contribution >= 4 is 11.7 Å². The normalized spacial score (nSPS) is 10.9. The molecule has 0 bridgehead atoms. The zero-order valence-electron chi connectivity index (χ0n) is 12.1. The van der Waals surface area contributed by atoms with Crippen molar-refractivity contribution in [1.82, 2.24) is 20.0 Å². The lowest BCUT2D eigenvalue weighted by molar-refractivity contribution is 0.0941. The van der Waals surface area contributed by atoms with E-state index in [4.69, 9.17) is 5.73 Å². The number of amides is 1. The molecule has 0 aliphatic heterocycles. The smallest absolute Gasteiger partial charge is 0.269 e. The minimum atomic E-state index is -0.106. The third-order valence-electron chi connectivity index (χ3n) is 3.16. The molecule has 0 saturated carbocycles. The first-order chi connectivity index (χ1) is 9.12. The molecule has 0 unspecified atom stereocenters. The van der Waals surface area contributed by atoms with Crippen LogP contribution in [0.3, 0.4) is 0 Å². The van der Waals surface area contributed by atoms with Crippen LogP contribution in [-0.2, 0) is 6.54 Å². The Morgan fingerprint density at radius 1 is 1.42 bits per heavy atom. The van der Waals surface area contributed by atoms with Gasteiger partial charge in [-0.2, -0.15) is 5.10 Å². The van der Waals surface area contributed by atoms with Gasteiger partial charge < -0.3 is 16.0 Å². The Morgan fingerprint density at radius 3 is 2.68 bits per heavy atom. The predicted octanol–water partition coefficient (Wildman–Crippen LogP) is 0.947. The van der Waals surface area contributed by atoms with Crippen LogP contribution in [0.15, 0.2) is 6.07 Å². The van der Waals surface area contributed by atoms with Crippen molar-refractivity contribution in [3.05, 3.63) is 11.8 Å². The Kier molecular flexibility index (Phi) is 6.35. The van der Waals surface area contributed by atoms with Crippen LogP contribution < -0.4 is 11.1 Å². The lowest BCUT2D eigenvalue weighted by atomic mass is 10.3. The zero-order valence-corrected chi connectivity index (χ0v) is 12.1. The number of aromatic nitrogens is 2. The number of nitrogen functional groups attached to an aromatic ring is 1. The van der Waals surface area contributed by atoms with E-state index in [0.717, 1.165) is 26.1 Å². The lowest BCUT2D eigenvalue weighted by Crippen LogP contribution is -2.31. The molecule has 0 aromatic carbocycles. The molecule has 1 aromatic rings. The van der Waals surface area contributed by atoms with Gasteiger partial charge in [0.25, 0.3) is 5.91 Å². The summed E-state index contributed by atoms with van der Waals surface area (Å²) >= 11 is 0. The van der Waals surface area contributed by atoms with Crippen molar-refractivity contribution in [3.63, 3.8) is 0 Å². The Hall–Kier alpha value is -1.56. The summed E-state index contributed by atoms with van der Waals surface area (Å²) in [7, 11) is 0. The summed E-state index contributed by atoms with van der Waals surface area (Å²) in [5.74, 6) is 0.278. The zero-order chi connectivity index (χ0) is 14.3. The maximum absolute atomic E-state index is 12.0. The summed E-state index contributed by atoms with van der Waals surface area (Å²) < 4.78 is 1.62. The molecule has 0 radical (unpaired) electrons. The van der Waals surface area contributed by atoms with E-state index in [2.05, 4.69) is 29.2 Å². The Balaban J connectivity index is 2.39. The van der Waals surface area contributed by atoms with Crippen molar-refractivity contribution in [2.75, 3.05) is 31.9 Å². The number of nitrogens with two attached hydrogens (primary N) is 1. The molecule has 19 heavy (non-hydrogen) atoms. The van der Waals surface area contributed by atoms with Gasteiger partial charge in [0, 0.05) is 19.2 Å². The molecule has 6 nitrogen and oxygen atoms in total. The van der Waals surface area contributed by atoms with Crippen molar-refractivity contribution in [2.24, 2.45) is 0 Å². The number of carbonyl (C=O) groups excluding carboxylic acids is 1. The van der Waals surface area contributed by atoms with Gasteiger partial charge in [-0.15, -0.1) is 0 Å². The number of aryl methyl sites for hydroxylation is 1. The highest BCUT2D eigenvalue weighted by atomic mass is 16.2. The highest BCUT2D eigenvalue weighted by Crippen LogP contribution is 2.05. The summed E-state index contributed by atoms with van der Waals surface area (Å²) in [6.45, 7) is 10.6. The molecule has 1 aromatic heterocycles. The summed E-state index contributed by atoms with van der Waals surface area (Å²) in [6, 6.07) is 1.61. The Morgan fingerprint density at radius 2 is 2.11 bits per heavy atom. The molecule has 0 spiro atoms. The minimum absolute atomic E-state index is 0.106. The molecule has 1 heterocycles. The van der Waals surface area contributed by atoms with E-state index in [1.54, 1.807) is 10.7 Å². The lowest BCUT2D eigenvalue weighted by Gasteiger charge is -2.17. The number of nitrogens with zero attached hydrogens (tertiary/aromatic N) is 3. The third-order valence-corrected chi connectivity index (χ3v) is 3.16. The molecular weight excluding hydrogens is 242 g/mol. The second kappa shape index (κ2) is 7.78. The quantitative estimate of drug-likeness (QED) is 0.688. The second-order valence-corrected chi connectivity index (χ2v) is 4.41. The molecule has 0 saturated heterocycles. The maximum atomic E-state index is 12.0. The number of nitrogens with one attached hydrogen (secondary N) is 1. The van der Waals surface area contributed by atoms with Crippen LogP contribution in [0.2, 0.25) is 0 Å². The van der Waals surface area contributed by atoms with Gasteiger partial charge in [-0.05, 0) is 33.0 Å². The van der Waals surface area contributed by atoms with Gasteiger partial charge in [-0.1, -0.05) is 13.8 Å². The van der Waals surface area contributed by atoms with E-state index in [9.17, 15) is 4.79 Å². The molecule has 1 amide bonds. The van der Waals surface area contributed by atoms with Crippen LogP contribution in [0.1, 0.15) is 37.7 Å². The maximum Gasteiger partial charge on any atom is 0.269 e. The van der Waals surface area contributed by atoms with Crippen LogP contribution in [0.25, 0.3) is 0 Å². The number of carbonyl (C=O) groups is 1. The van der Waals surface area contributed by atoms with Crippen molar-refractivity contribution in [3.8, 4) is 0 Å². The fourth-order valence-corrected chi connectivity index (χ4v) is 2.00. The van der Waals surface area contributed by atoms with Crippen LogP contribution in [0.5, 0.6) is 0 Å². The Labute approximate surface area is 114 Å². The van der Waals surface area contributed by atoms with Gasteiger partial charge in [0.05, 0.1) is 0 Å². The Bertz CT molecular complexity index is 398. The van der Waals surface area contributed by atoms with Crippen molar-refractivity contribution in [2.45, 2.75) is 33.7 Å². The molecule has 108 valence electrons. The molecule has 0 atom stereocenters. The topological polar surface area (TPSA) is 76.2 Å². The number of hydrogen-bond donors (Lipinski definition) is 2. The van der Waals surface area contributed by atoms with Gasteiger partial charge in [0.2, 0.25) is 0 Å². The molecule has 6 heteroatoms. The third kappa shape index (κ3) is 4.55. The van der Waals surface area contributed by atoms with Gasteiger partial charge in [-0.3, -0.25) is 9.48 Å². The van der Waals surface area contributed by atoms with E-state index in [1.165, 1.54) is 0 Å². The highest BCUT2D eigenvalue weighted by molar-refractivity contribution is 5.93. The van der Waals surface area contributed by atoms with E-state index in [1.807, 2.05) is 6.92 Å². The minimum Gasteiger partial charge on any atom is -0.382 e. The van der Waals surface area contributed by atoms with Gasteiger partial charge in [0.1, 0.15) is 11.5 Å². The molecule has 0 aliphatic rings. The average Bonchev–Trinajstić information content (AvgIpc) is 2.80. The summed E-state index contributed by atoms with van der Waals surface area (Å²) in [4.78, 5) is 14.3. The number of hydrogen-bond acceptors (Lipinski definition) is 4. The molecule has 0 aliphatic carbocycles. The largest absolute Gasteiger partial charge is 0.382 e. The predicted molar refractivity (Wildman–Crippen MR) is 77.1 cm³/mol. The highest BCUT2D eigenvalue weighted by Gasteiger charge is 2.12. The molecule has 0 fully saturated rings. The second-order valence-electron chi connectivity index (χ2n) is 4.41.